The van der Waals surface area contributed by atoms with Crippen LogP contribution in [-0.4, -0.2) is 0 Å². The van der Waals surface area contributed by atoms with E-state index in [9.17, 15) is 4.39 Å². The quantitative estimate of drug-likeness (QED) is 0.600. The summed E-state index contributed by atoms with van der Waals surface area (Å²) in [4.78, 5) is 0. The first kappa shape index (κ1) is 15.0. The largest absolute Gasteiger partial charge is 0.379 e. The van der Waals surface area contributed by atoms with Crippen molar-refractivity contribution in [2.45, 2.75) is 13.5 Å². The lowest BCUT2D eigenvalue weighted by atomic mass is 10.1. The number of hydrogen-bond donors (Lipinski definition) is 1. The molecule has 0 bridgehead atoms. The third kappa shape index (κ3) is 3.80. The predicted molar refractivity (Wildman–Crippen MR) is 88.0 cm³/mol. The molecule has 0 unspecified atom stereocenters. The molecular weight excluding hydrogens is 441 g/mol. The summed E-state index contributed by atoms with van der Waals surface area (Å²) in [6.45, 7) is 2.41. The van der Waals surface area contributed by atoms with Crippen LogP contribution in [0.4, 0.5) is 10.1 Å². The van der Waals surface area contributed by atoms with Crippen LogP contribution in [0.15, 0.2) is 43.7 Å². The Labute approximate surface area is 137 Å². The third-order valence-corrected chi connectivity index (χ3v) is 4.41. The van der Waals surface area contributed by atoms with Gasteiger partial charge < -0.3 is 5.32 Å². The minimum atomic E-state index is -0.172. The van der Waals surface area contributed by atoms with E-state index in [0.29, 0.717) is 12.1 Å². The summed E-state index contributed by atoms with van der Waals surface area (Å²) in [5.41, 5.74) is 2.68. The molecule has 19 heavy (non-hydrogen) atoms. The molecule has 2 aromatic carbocycles. The summed E-state index contributed by atoms with van der Waals surface area (Å²) in [5, 5.41) is 3.33. The molecule has 0 heterocycles. The Bertz CT molecular complexity index is 591. The maximum absolute atomic E-state index is 13.2. The fraction of sp³-hybridized carbons (Fsp3) is 0.143. The lowest BCUT2D eigenvalue weighted by Crippen LogP contribution is -2.01. The van der Waals surface area contributed by atoms with E-state index in [4.69, 9.17) is 0 Å². The van der Waals surface area contributed by atoms with E-state index < -0.39 is 0 Å². The van der Waals surface area contributed by atoms with E-state index in [1.807, 2.05) is 18.2 Å². The van der Waals surface area contributed by atoms with Crippen LogP contribution in [0.2, 0.25) is 0 Å². The van der Waals surface area contributed by atoms with Crippen molar-refractivity contribution in [1.29, 1.82) is 0 Å². The lowest BCUT2D eigenvalue weighted by Gasteiger charge is -2.12. The minimum Gasteiger partial charge on any atom is -0.379 e. The molecule has 5 heteroatoms. The molecule has 0 aliphatic carbocycles. The van der Waals surface area contributed by atoms with Gasteiger partial charge in [-0.2, -0.15) is 0 Å². The van der Waals surface area contributed by atoms with Crippen molar-refractivity contribution >= 4 is 53.5 Å². The SMILES string of the molecule is Cc1cc(CNc2c(Br)cc(Br)cc2Br)ccc1F. The van der Waals surface area contributed by atoms with Crippen molar-refractivity contribution in [3.05, 3.63) is 60.7 Å². The second-order valence-corrected chi connectivity index (χ2v) is 6.81. The van der Waals surface area contributed by atoms with E-state index in [2.05, 4.69) is 53.1 Å². The number of anilines is 1. The molecule has 0 saturated carbocycles. The molecule has 0 aromatic heterocycles. The summed E-state index contributed by atoms with van der Waals surface area (Å²) < 4.78 is 16.1. The fourth-order valence-corrected chi connectivity index (χ4v) is 4.26. The highest BCUT2D eigenvalue weighted by atomic mass is 79.9. The zero-order chi connectivity index (χ0) is 14.0. The molecule has 0 atom stereocenters. The molecular formula is C14H11Br3FN. The van der Waals surface area contributed by atoms with Gasteiger partial charge in [0.25, 0.3) is 0 Å². The van der Waals surface area contributed by atoms with Crippen LogP contribution in [0.5, 0.6) is 0 Å². The molecule has 100 valence electrons. The summed E-state index contributed by atoms with van der Waals surface area (Å²) >= 11 is 10.5. The zero-order valence-electron chi connectivity index (χ0n) is 10.1. The van der Waals surface area contributed by atoms with Gasteiger partial charge in [0.1, 0.15) is 5.82 Å². The summed E-state index contributed by atoms with van der Waals surface area (Å²) in [6, 6.07) is 9.09. The van der Waals surface area contributed by atoms with Crippen LogP contribution in [0.25, 0.3) is 0 Å². The number of nitrogens with one attached hydrogen (secondary N) is 1. The van der Waals surface area contributed by atoms with E-state index in [-0.39, 0.29) is 5.82 Å². The Morgan fingerprint density at radius 2 is 1.68 bits per heavy atom. The topological polar surface area (TPSA) is 12.0 Å². The highest BCUT2D eigenvalue weighted by Crippen LogP contribution is 2.34. The van der Waals surface area contributed by atoms with E-state index in [0.717, 1.165) is 24.7 Å². The van der Waals surface area contributed by atoms with Gasteiger partial charge in [0.05, 0.1) is 5.69 Å². The Hall–Kier alpha value is -0.390. The Balaban J connectivity index is 2.16. The average molecular weight is 452 g/mol. The molecule has 0 aliphatic rings. The summed E-state index contributed by atoms with van der Waals surface area (Å²) in [6.07, 6.45) is 0. The van der Waals surface area contributed by atoms with Crippen molar-refractivity contribution in [2.75, 3.05) is 5.32 Å². The Morgan fingerprint density at radius 1 is 1.05 bits per heavy atom. The van der Waals surface area contributed by atoms with Gasteiger partial charge in [0.15, 0.2) is 0 Å². The first-order valence-electron chi connectivity index (χ1n) is 5.61. The summed E-state index contributed by atoms with van der Waals surface area (Å²) in [5.74, 6) is -0.172. The maximum atomic E-state index is 13.2. The standard InChI is InChI=1S/C14H11Br3FN/c1-8-4-9(2-3-13(8)18)7-19-14-11(16)5-10(15)6-12(14)17/h2-6,19H,7H2,1H3. The summed E-state index contributed by atoms with van der Waals surface area (Å²) in [7, 11) is 0. The van der Waals surface area contributed by atoms with E-state index in [1.54, 1.807) is 13.0 Å². The molecule has 0 aliphatic heterocycles. The van der Waals surface area contributed by atoms with Crippen LogP contribution in [0.1, 0.15) is 11.1 Å². The maximum Gasteiger partial charge on any atom is 0.126 e. The van der Waals surface area contributed by atoms with Gasteiger partial charge in [0, 0.05) is 20.0 Å². The van der Waals surface area contributed by atoms with Crippen LogP contribution < -0.4 is 5.32 Å². The van der Waals surface area contributed by atoms with Gasteiger partial charge in [0.2, 0.25) is 0 Å². The number of halogens is 4. The van der Waals surface area contributed by atoms with Gasteiger partial charge in [-0.25, -0.2) is 4.39 Å². The molecule has 1 nitrogen and oxygen atoms in total. The van der Waals surface area contributed by atoms with Gasteiger partial charge in [-0.3, -0.25) is 0 Å². The normalized spacial score (nSPS) is 10.6. The third-order valence-electron chi connectivity index (χ3n) is 2.70. The number of rotatable bonds is 3. The van der Waals surface area contributed by atoms with Crippen molar-refractivity contribution < 1.29 is 4.39 Å². The van der Waals surface area contributed by atoms with Crippen molar-refractivity contribution in [3.8, 4) is 0 Å². The van der Waals surface area contributed by atoms with Crippen molar-refractivity contribution in [2.24, 2.45) is 0 Å². The smallest absolute Gasteiger partial charge is 0.126 e. The predicted octanol–water partition coefficient (Wildman–Crippen LogP) is 6.03. The van der Waals surface area contributed by atoms with Crippen molar-refractivity contribution in [1.82, 2.24) is 0 Å². The fourth-order valence-electron chi connectivity index (χ4n) is 1.72. The molecule has 0 radical (unpaired) electrons. The monoisotopic (exact) mass is 449 g/mol. The molecule has 0 saturated heterocycles. The molecule has 0 fully saturated rings. The van der Waals surface area contributed by atoms with Gasteiger partial charge in [-0.1, -0.05) is 28.1 Å². The minimum absolute atomic E-state index is 0.172. The first-order chi connectivity index (χ1) is 8.97. The second-order valence-electron chi connectivity index (χ2n) is 4.18. The van der Waals surface area contributed by atoms with Gasteiger partial charge in [-0.05, 0) is 68.1 Å². The highest BCUT2D eigenvalue weighted by Gasteiger charge is 2.07. The Kier molecular flexibility index (Phi) is 5.03. The number of hydrogen-bond acceptors (Lipinski definition) is 1. The molecule has 2 rings (SSSR count). The van der Waals surface area contributed by atoms with Gasteiger partial charge >= 0.3 is 0 Å². The van der Waals surface area contributed by atoms with Crippen LogP contribution >= 0.6 is 47.8 Å². The van der Waals surface area contributed by atoms with Crippen LogP contribution in [-0.2, 0) is 6.54 Å². The molecule has 1 N–H and O–H groups in total. The number of aryl methyl sites for hydroxylation is 1. The van der Waals surface area contributed by atoms with Crippen LogP contribution in [0, 0.1) is 12.7 Å². The highest BCUT2D eigenvalue weighted by molar-refractivity contribution is 9.11. The van der Waals surface area contributed by atoms with E-state index in [1.165, 1.54) is 6.07 Å². The average Bonchev–Trinajstić information content (AvgIpc) is 2.32. The van der Waals surface area contributed by atoms with Gasteiger partial charge in [-0.15, -0.1) is 0 Å². The molecule has 2 aromatic rings. The lowest BCUT2D eigenvalue weighted by molar-refractivity contribution is 0.617. The number of benzene rings is 2. The molecule has 0 amide bonds. The Morgan fingerprint density at radius 3 is 2.26 bits per heavy atom. The second kappa shape index (κ2) is 6.37. The van der Waals surface area contributed by atoms with E-state index >= 15 is 0 Å². The zero-order valence-corrected chi connectivity index (χ0v) is 14.9. The first-order valence-corrected chi connectivity index (χ1v) is 7.98. The van der Waals surface area contributed by atoms with Crippen LogP contribution in [0.3, 0.4) is 0 Å². The van der Waals surface area contributed by atoms with Crippen molar-refractivity contribution in [3.63, 3.8) is 0 Å². The molecule has 0 spiro atoms.